The molecule has 0 unspecified atom stereocenters. The second-order valence-electron chi connectivity index (χ2n) is 6.77. The quantitative estimate of drug-likeness (QED) is 0.493. The number of halogens is 1. The van der Waals surface area contributed by atoms with Crippen molar-refractivity contribution in [1.82, 2.24) is 20.5 Å². The highest BCUT2D eigenvalue weighted by molar-refractivity contribution is 6.30. The highest BCUT2D eigenvalue weighted by atomic mass is 35.5. The van der Waals surface area contributed by atoms with Crippen LogP contribution in [0, 0.1) is 0 Å². The van der Waals surface area contributed by atoms with Crippen molar-refractivity contribution in [3.8, 4) is 17.0 Å². The van der Waals surface area contributed by atoms with Gasteiger partial charge in [-0.2, -0.15) is 5.10 Å². The maximum absolute atomic E-state index is 6.04. The van der Waals surface area contributed by atoms with Crippen LogP contribution in [0.15, 0.2) is 48.7 Å². The minimum Gasteiger partial charge on any atom is -0.497 e. The van der Waals surface area contributed by atoms with E-state index in [-0.39, 0.29) is 6.04 Å². The van der Waals surface area contributed by atoms with Gasteiger partial charge in [0.25, 0.3) is 0 Å². The summed E-state index contributed by atoms with van der Waals surface area (Å²) in [6.45, 7) is 0.910. The van der Waals surface area contributed by atoms with Crippen molar-refractivity contribution >= 4 is 22.5 Å². The van der Waals surface area contributed by atoms with Gasteiger partial charge in [0.05, 0.1) is 25.0 Å². The van der Waals surface area contributed by atoms with E-state index >= 15 is 0 Å². The fourth-order valence-electron chi connectivity index (χ4n) is 3.96. The Labute approximate surface area is 161 Å². The van der Waals surface area contributed by atoms with Gasteiger partial charge in [-0.3, -0.25) is 5.10 Å². The van der Waals surface area contributed by atoms with E-state index in [2.05, 4.69) is 32.6 Å². The zero-order chi connectivity index (χ0) is 18.4. The number of nitrogens with zero attached hydrogens (tertiary/aromatic N) is 1. The monoisotopic (exact) mass is 378 g/mol. The Kier molecular flexibility index (Phi) is 3.92. The molecule has 3 heterocycles. The molecule has 0 amide bonds. The lowest BCUT2D eigenvalue weighted by atomic mass is 9.93. The number of aromatic nitrogens is 3. The number of methoxy groups -OCH3 is 1. The summed E-state index contributed by atoms with van der Waals surface area (Å²) < 4.78 is 5.41. The number of ether oxygens (including phenoxy) is 1. The first kappa shape index (κ1) is 16.4. The van der Waals surface area contributed by atoms with Crippen LogP contribution in [0.3, 0.4) is 0 Å². The third kappa shape index (κ3) is 2.71. The predicted molar refractivity (Wildman–Crippen MR) is 107 cm³/mol. The molecule has 0 fully saturated rings. The van der Waals surface area contributed by atoms with Crippen molar-refractivity contribution < 1.29 is 4.74 Å². The predicted octanol–water partition coefficient (Wildman–Crippen LogP) is 4.46. The smallest absolute Gasteiger partial charge is 0.119 e. The average molecular weight is 379 g/mol. The summed E-state index contributed by atoms with van der Waals surface area (Å²) in [5.74, 6) is 0.879. The van der Waals surface area contributed by atoms with Gasteiger partial charge in [0, 0.05) is 33.7 Å². The molecule has 5 nitrogen and oxygen atoms in total. The van der Waals surface area contributed by atoms with Crippen molar-refractivity contribution in [2.24, 2.45) is 0 Å². The van der Waals surface area contributed by atoms with E-state index in [4.69, 9.17) is 16.3 Å². The molecule has 3 N–H and O–H groups in total. The zero-order valence-electron chi connectivity index (χ0n) is 14.8. The Hall–Kier alpha value is -2.76. The number of aromatic amines is 2. The number of fused-ring (bicyclic) bond motifs is 3. The summed E-state index contributed by atoms with van der Waals surface area (Å²) in [4.78, 5) is 3.61. The average Bonchev–Trinajstić information content (AvgIpc) is 3.32. The Morgan fingerprint density at radius 2 is 2.00 bits per heavy atom. The molecule has 1 aliphatic heterocycles. The maximum atomic E-state index is 6.04. The lowest BCUT2D eigenvalue weighted by Gasteiger charge is -2.24. The second kappa shape index (κ2) is 6.44. The van der Waals surface area contributed by atoms with Gasteiger partial charge in [0.1, 0.15) is 5.75 Å². The van der Waals surface area contributed by atoms with Crippen LogP contribution in [0.4, 0.5) is 0 Å². The van der Waals surface area contributed by atoms with Crippen molar-refractivity contribution in [3.05, 3.63) is 70.5 Å². The van der Waals surface area contributed by atoms with Gasteiger partial charge in [0.15, 0.2) is 0 Å². The van der Waals surface area contributed by atoms with E-state index in [1.165, 1.54) is 16.6 Å². The molecular weight excluding hydrogens is 360 g/mol. The van der Waals surface area contributed by atoms with Crippen LogP contribution in [0.5, 0.6) is 5.75 Å². The molecule has 27 heavy (non-hydrogen) atoms. The van der Waals surface area contributed by atoms with Crippen LogP contribution >= 0.6 is 11.6 Å². The molecule has 0 saturated heterocycles. The summed E-state index contributed by atoms with van der Waals surface area (Å²) in [5, 5.41) is 13.1. The Morgan fingerprint density at radius 3 is 2.81 bits per heavy atom. The summed E-state index contributed by atoms with van der Waals surface area (Å²) in [6, 6.07) is 14.1. The summed E-state index contributed by atoms with van der Waals surface area (Å²) in [6.07, 6.45) is 2.88. The lowest BCUT2D eigenvalue weighted by Crippen LogP contribution is -2.30. The number of H-pyrrole nitrogens is 2. The molecule has 4 aromatic rings. The number of nitrogens with one attached hydrogen (secondary N) is 3. The largest absolute Gasteiger partial charge is 0.497 e. The molecule has 1 atom stereocenters. The van der Waals surface area contributed by atoms with Crippen LogP contribution < -0.4 is 10.1 Å². The highest BCUT2D eigenvalue weighted by Crippen LogP contribution is 2.37. The van der Waals surface area contributed by atoms with Gasteiger partial charge in [-0.1, -0.05) is 23.7 Å². The molecule has 2 aromatic carbocycles. The number of hydrogen-bond donors (Lipinski definition) is 3. The molecule has 6 heteroatoms. The van der Waals surface area contributed by atoms with Gasteiger partial charge < -0.3 is 15.0 Å². The molecule has 0 bridgehead atoms. The first-order valence-electron chi connectivity index (χ1n) is 8.95. The molecule has 0 radical (unpaired) electrons. The first-order chi connectivity index (χ1) is 13.2. The minimum atomic E-state index is 0.0524. The van der Waals surface area contributed by atoms with Gasteiger partial charge in [-0.05, 0) is 47.9 Å². The first-order valence-corrected chi connectivity index (χ1v) is 9.33. The van der Waals surface area contributed by atoms with Crippen LogP contribution in [0.1, 0.15) is 22.9 Å². The van der Waals surface area contributed by atoms with Gasteiger partial charge in [-0.15, -0.1) is 0 Å². The van der Waals surface area contributed by atoms with Crippen molar-refractivity contribution in [3.63, 3.8) is 0 Å². The Balaban J connectivity index is 1.63. The number of hydrogen-bond acceptors (Lipinski definition) is 3. The maximum Gasteiger partial charge on any atom is 0.119 e. The molecule has 0 aliphatic carbocycles. The molecule has 5 rings (SSSR count). The highest BCUT2D eigenvalue weighted by Gasteiger charge is 2.28. The third-order valence-corrected chi connectivity index (χ3v) is 5.52. The Bertz CT molecular complexity index is 1110. The second-order valence-corrected chi connectivity index (χ2v) is 7.21. The SMILES string of the molecule is COc1ccc2[nH]c3c(c2c1)CCN[C@H]3c1cn[nH]c1-c1ccc(Cl)cc1. The van der Waals surface area contributed by atoms with E-state index in [0.717, 1.165) is 46.1 Å². The molecule has 2 aromatic heterocycles. The van der Waals surface area contributed by atoms with Gasteiger partial charge >= 0.3 is 0 Å². The van der Waals surface area contributed by atoms with Crippen molar-refractivity contribution in [2.75, 3.05) is 13.7 Å². The fraction of sp³-hybridized carbons (Fsp3) is 0.190. The summed E-state index contributed by atoms with van der Waals surface area (Å²) in [7, 11) is 1.70. The van der Waals surface area contributed by atoms with Crippen LogP contribution in [-0.4, -0.2) is 28.8 Å². The van der Waals surface area contributed by atoms with E-state index < -0.39 is 0 Å². The number of rotatable bonds is 3. The van der Waals surface area contributed by atoms with E-state index in [1.54, 1.807) is 7.11 Å². The lowest BCUT2D eigenvalue weighted by molar-refractivity contribution is 0.415. The third-order valence-electron chi connectivity index (χ3n) is 5.27. The van der Waals surface area contributed by atoms with Crippen LogP contribution in [-0.2, 0) is 6.42 Å². The number of benzene rings is 2. The van der Waals surface area contributed by atoms with Crippen LogP contribution in [0.2, 0.25) is 5.02 Å². The topological polar surface area (TPSA) is 65.7 Å². The van der Waals surface area contributed by atoms with Crippen molar-refractivity contribution in [1.29, 1.82) is 0 Å². The van der Waals surface area contributed by atoms with Gasteiger partial charge in [0.2, 0.25) is 0 Å². The van der Waals surface area contributed by atoms with Gasteiger partial charge in [-0.25, -0.2) is 0 Å². The van der Waals surface area contributed by atoms with E-state index in [1.807, 2.05) is 36.5 Å². The molecule has 136 valence electrons. The summed E-state index contributed by atoms with van der Waals surface area (Å²) >= 11 is 6.04. The zero-order valence-corrected chi connectivity index (χ0v) is 15.6. The summed E-state index contributed by atoms with van der Waals surface area (Å²) in [5.41, 5.74) is 6.87. The Morgan fingerprint density at radius 1 is 1.15 bits per heavy atom. The van der Waals surface area contributed by atoms with Crippen molar-refractivity contribution in [2.45, 2.75) is 12.5 Å². The minimum absolute atomic E-state index is 0.0524. The molecule has 0 saturated carbocycles. The standard InChI is InChI=1S/C21H19ClN4O/c1-27-14-6-7-18-16(10-14)15-8-9-23-20(21(15)25-18)17-11-24-26-19(17)12-2-4-13(22)5-3-12/h2-7,10-11,20,23,25H,8-9H2,1H3,(H,24,26)/t20-/m0/s1. The molecular formula is C21H19ClN4O. The normalized spacial score (nSPS) is 16.4. The van der Waals surface area contributed by atoms with E-state index in [0.29, 0.717) is 0 Å². The molecule has 1 aliphatic rings. The fourth-order valence-corrected chi connectivity index (χ4v) is 4.09. The van der Waals surface area contributed by atoms with Crippen LogP contribution in [0.25, 0.3) is 22.2 Å². The molecule has 0 spiro atoms. The van der Waals surface area contributed by atoms with E-state index in [9.17, 15) is 0 Å².